The lowest BCUT2D eigenvalue weighted by molar-refractivity contribution is 0.583. The van der Waals surface area contributed by atoms with E-state index in [9.17, 15) is 4.39 Å². The molecule has 0 fully saturated rings. The topological polar surface area (TPSA) is 38.9 Å². The summed E-state index contributed by atoms with van der Waals surface area (Å²) in [6.07, 6.45) is 4.39. The lowest BCUT2D eigenvalue weighted by Gasteiger charge is -1.98. The normalized spacial score (nSPS) is 10.9. The second-order valence-electron chi connectivity index (χ2n) is 2.52. The Morgan fingerprint density at radius 1 is 1.54 bits per heavy atom. The zero-order valence-corrected chi connectivity index (χ0v) is 7.97. The predicted molar refractivity (Wildman–Crippen MR) is 56.1 cm³/mol. The summed E-state index contributed by atoms with van der Waals surface area (Å²) < 4.78 is 12.6. The third-order valence-electron chi connectivity index (χ3n) is 1.49. The minimum absolute atomic E-state index is 0.474. The summed E-state index contributed by atoms with van der Waals surface area (Å²) in [5.41, 5.74) is 6.53. The number of nitrogen functional groups attached to an aromatic ring is 1. The molecule has 2 N–H and O–H groups in total. The third-order valence-corrected chi connectivity index (χ3v) is 1.75. The summed E-state index contributed by atoms with van der Waals surface area (Å²) in [4.78, 5) is 3.64. The minimum atomic E-state index is -0.514. The van der Waals surface area contributed by atoms with E-state index in [1.165, 1.54) is 12.1 Å². The highest BCUT2D eigenvalue weighted by Crippen LogP contribution is 2.11. The Morgan fingerprint density at radius 3 is 3.00 bits per heavy atom. The average Bonchev–Trinajstić information content (AvgIpc) is 2.11. The van der Waals surface area contributed by atoms with Crippen molar-refractivity contribution in [3.63, 3.8) is 0 Å². The van der Waals surface area contributed by atoms with Crippen LogP contribution in [0.5, 0.6) is 0 Å². The molecular formula is C9H11FN2S. The second-order valence-corrected chi connectivity index (χ2v) is 2.97. The maximum atomic E-state index is 12.6. The predicted octanol–water partition coefficient (Wildman–Crippen LogP) is 2.14. The molecule has 2 nitrogen and oxygen atoms in total. The van der Waals surface area contributed by atoms with Crippen LogP contribution in [-0.4, -0.2) is 10.7 Å². The summed E-state index contributed by atoms with van der Waals surface area (Å²) in [6, 6.07) is 2.74. The maximum Gasteiger partial charge on any atom is 0.213 e. The van der Waals surface area contributed by atoms with Gasteiger partial charge < -0.3 is 5.73 Å². The zero-order chi connectivity index (χ0) is 9.68. The number of thiol groups is 1. The Labute approximate surface area is 82.1 Å². The molecule has 0 aliphatic carbocycles. The molecule has 0 amide bonds. The van der Waals surface area contributed by atoms with Crippen molar-refractivity contribution in [1.82, 2.24) is 4.98 Å². The van der Waals surface area contributed by atoms with Gasteiger partial charge in [0.1, 0.15) is 0 Å². The van der Waals surface area contributed by atoms with Crippen LogP contribution in [-0.2, 0) is 0 Å². The summed E-state index contributed by atoms with van der Waals surface area (Å²) in [7, 11) is 0. The highest BCUT2D eigenvalue weighted by Gasteiger charge is 1.97. The van der Waals surface area contributed by atoms with E-state index in [0.717, 1.165) is 12.2 Å². The van der Waals surface area contributed by atoms with E-state index in [0.29, 0.717) is 11.4 Å². The molecule has 0 saturated heterocycles. The summed E-state index contributed by atoms with van der Waals surface area (Å²) in [5.74, 6) is 0.242. The van der Waals surface area contributed by atoms with Crippen LogP contribution >= 0.6 is 12.6 Å². The summed E-state index contributed by atoms with van der Waals surface area (Å²) in [6.45, 7) is 0. The average molecular weight is 198 g/mol. The van der Waals surface area contributed by atoms with Gasteiger partial charge in [-0.2, -0.15) is 17.0 Å². The largest absolute Gasteiger partial charge is 0.397 e. The fraction of sp³-hybridized carbons (Fsp3) is 0.222. The number of hydrogen-bond acceptors (Lipinski definition) is 3. The van der Waals surface area contributed by atoms with Crippen LogP contribution in [0.15, 0.2) is 18.2 Å². The zero-order valence-electron chi connectivity index (χ0n) is 7.07. The van der Waals surface area contributed by atoms with Crippen LogP contribution in [0, 0.1) is 5.95 Å². The van der Waals surface area contributed by atoms with Gasteiger partial charge in [-0.1, -0.05) is 6.08 Å². The Balaban J connectivity index is 2.81. The molecular weight excluding hydrogens is 187 g/mol. The van der Waals surface area contributed by atoms with E-state index in [2.05, 4.69) is 17.6 Å². The first-order valence-corrected chi connectivity index (χ1v) is 4.56. The number of nitrogens with zero attached hydrogens (tertiary/aromatic N) is 1. The minimum Gasteiger partial charge on any atom is -0.397 e. The summed E-state index contributed by atoms with van der Waals surface area (Å²) >= 11 is 4.04. The maximum absolute atomic E-state index is 12.6. The van der Waals surface area contributed by atoms with Gasteiger partial charge in [0.25, 0.3) is 0 Å². The van der Waals surface area contributed by atoms with E-state index in [-0.39, 0.29) is 0 Å². The molecule has 1 rings (SSSR count). The van der Waals surface area contributed by atoms with E-state index < -0.39 is 5.95 Å². The lowest BCUT2D eigenvalue weighted by Crippen LogP contribution is -1.94. The van der Waals surface area contributed by atoms with Gasteiger partial charge in [0.2, 0.25) is 5.95 Å². The van der Waals surface area contributed by atoms with Crippen molar-refractivity contribution >= 4 is 24.4 Å². The molecule has 70 valence electrons. The van der Waals surface area contributed by atoms with Crippen molar-refractivity contribution in [2.45, 2.75) is 6.42 Å². The first-order valence-electron chi connectivity index (χ1n) is 3.93. The number of nitrogens with two attached hydrogens (primary N) is 1. The number of halogens is 1. The van der Waals surface area contributed by atoms with Gasteiger partial charge in [-0.25, -0.2) is 4.98 Å². The van der Waals surface area contributed by atoms with Gasteiger partial charge in [-0.15, -0.1) is 0 Å². The van der Waals surface area contributed by atoms with E-state index in [1.54, 1.807) is 6.08 Å². The number of anilines is 1. The number of allylic oxidation sites excluding steroid dienone is 1. The van der Waals surface area contributed by atoms with E-state index in [1.807, 2.05) is 6.08 Å². The fourth-order valence-electron chi connectivity index (χ4n) is 0.864. The molecule has 0 spiro atoms. The van der Waals surface area contributed by atoms with Crippen LogP contribution in [0.25, 0.3) is 6.08 Å². The Morgan fingerprint density at radius 2 is 2.31 bits per heavy atom. The van der Waals surface area contributed by atoms with Gasteiger partial charge in [0.05, 0.1) is 11.4 Å². The van der Waals surface area contributed by atoms with Crippen molar-refractivity contribution in [2.75, 3.05) is 11.5 Å². The SMILES string of the molecule is Nc1ccc(F)nc1C=CCCS. The molecule has 13 heavy (non-hydrogen) atoms. The van der Waals surface area contributed by atoms with Crippen LogP contribution in [0.1, 0.15) is 12.1 Å². The van der Waals surface area contributed by atoms with E-state index >= 15 is 0 Å². The monoisotopic (exact) mass is 198 g/mol. The molecule has 1 aromatic heterocycles. The molecule has 0 unspecified atom stereocenters. The molecule has 0 radical (unpaired) electrons. The smallest absolute Gasteiger partial charge is 0.213 e. The van der Waals surface area contributed by atoms with Gasteiger partial charge in [0.15, 0.2) is 0 Å². The molecule has 0 atom stereocenters. The van der Waals surface area contributed by atoms with E-state index in [4.69, 9.17) is 5.73 Å². The van der Waals surface area contributed by atoms with Gasteiger partial charge in [-0.3, -0.25) is 0 Å². The van der Waals surface area contributed by atoms with Gasteiger partial charge in [0, 0.05) is 0 Å². The molecule has 0 saturated carbocycles. The van der Waals surface area contributed by atoms with Crippen molar-refractivity contribution in [1.29, 1.82) is 0 Å². The first-order chi connectivity index (χ1) is 6.24. The molecule has 1 heterocycles. The highest BCUT2D eigenvalue weighted by molar-refractivity contribution is 7.80. The van der Waals surface area contributed by atoms with Crippen molar-refractivity contribution < 1.29 is 4.39 Å². The van der Waals surface area contributed by atoms with Crippen molar-refractivity contribution in [3.8, 4) is 0 Å². The highest BCUT2D eigenvalue weighted by atomic mass is 32.1. The Bertz CT molecular complexity index is 312. The van der Waals surface area contributed by atoms with Crippen molar-refractivity contribution in [2.24, 2.45) is 0 Å². The number of hydrogen-bond donors (Lipinski definition) is 2. The second kappa shape index (κ2) is 4.87. The number of pyridine rings is 1. The summed E-state index contributed by atoms with van der Waals surface area (Å²) in [5, 5.41) is 0. The molecule has 0 aromatic carbocycles. The van der Waals surface area contributed by atoms with Crippen LogP contribution in [0.4, 0.5) is 10.1 Å². The number of aromatic nitrogens is 1. The van der Waals surface area contributed by atoms with Gasteiger partial charge >= 0.3 is 0 Å². The lowest BCUT2D eigenvalue weighted by atomic mass is 10.2. The third kappa shape index (κ3) is 3.06. The van der Waals surface area contributed by atoms with Crippen LogP contribution in [0.2, 0.25) is 0 Å². The van der Waals surface area contributed by atoms with Gasteiger partial charge in [-0.05, 0) is 30.4 Å². The molecule has 0 aliphatic heterocycles. The van der Waals surface area contributed by atoms with Crippen molar-refractivity contribution in [3.05, 3.63) is 29.9 Å². The Kier molecular flexibility index (Phi) is 3.76. The quantitative estimate of drug-likeness (QED) is 0.577. The number of rotatable bonds is 3. The Hall–Kier alpha value is -1.03. The molecule has 4 heteroatoms. The van der Waals surface area contributed by atoms with Crippen LogP contribution in [0.3, 0.4) is 0 Å². The molecule has 0 bridgehead atoms. The molecule has 0 aliphatic rings. The standard InChI is InChI=1S/C9H11FN2S/c10-9-5-4-7(11)8(12-9)3-1-2-6-13/h1,3-5,13H,2,6,11H2. The fourth-order valence-corrected chi connectivity index (χ4v) is 1.01. The van der Waals surface area contributed by atoms with Crippen LogP contribution < -0.4 is 5.73 Å². The first kappa shape index (κ1) is 10.1. The molecule has 1 aromatic rings.